The average Bonchev–Trinajstić information content (AvgIpc) is 2.42. The number of rotatable bonds is 1. The first-order valence-electron chi connectivity index (χ1n) is 3.98. The zero-order valence-corrected chi connectivity index (χ0v) is 7.15. The second kappa shape index (κ2) is 2.67. The lowest BCUT2D eigenvalue weighted by Crippen LogP contribution is -2.73. The van der Waals surface area contributed by atoms with Gasteiger partial charge in [-0.2, -0.15) is 0 Å². The smallest absolute Gasteiger partial charge is 0.270 e. The average molecular weight is 177 g/mol. The Bertz CT molecular complexity index is 410. The molecule has 0 radical (unpaired) electrons. The Labute approximate surface area is 75.0 Å². The minimum atomic E-state index is -0.373. The van der Waals surface area contributed by atoms with E-state index in [1.54, 1.807) is 12.1 Å². The van der Waals surface area contributed by atoms with Crippen molar-refractivity contribution in [3.8, 4) is 0 Å². The summed E-state index contributed by atoms with van der Waals surface area (Å²) in [5.74, 6) is 0. The van der Waals surface area contributed by atoms with Gasteiger partial charge in [-0.15, -0.1) is 0 Å². The van der Waals surface area contributed by atoms with Gasteiger partial charge in [0.15, 0.2) is 0 Å². The van der Waals surface area contributed by atoms with Crippen LogP contribution in [0, 0.1) is 10.1 Å². The van der Waals surface area contributed by atoms with E-state index >= 15 is 0 Å². The third kappa shape index (κ3) is 1.31. The van der Waals surface area contributed by atoms with E-state index in [1.807, 2.05) is 18.3 Å². The Kier molecular flexibility index (Phi) is 1.63. The highest BCUT2D eigenvalue weighted by Crippen LogP contribution is 2.23. The molecule has 0 aromatic heterocycles. The maximum Gasteiger partial charge on any atom is 0.270 e. The number of quaternary nitrogens is 1. The summed E-state index contributed by atoms with van der Waals surface area (Å²) >= 11 is 0. The van der Waals surface area contributed by atoms with Crippen LogP contribution in [0.5, 0.6) is 0 Å². The highest BCUT2D eigenvalue weighted by molar-refractivity contribution is 5.67. The molecule has 0 atom stereocenters. The van der Waals surface area contributed by atoms with E-state index in [0.29, 0.717) is 0 Å². The Morgan fingerprint density at radius 1 is 1.46 bits per heavy atom. The molecule has 1 heterocycles. The summed E-state index contributed by atoms with van der Waals surface area (Å²) in [6, 6.07) is 4.91. The lowest BCUT2D eigenvalue weighted by atomic mass is 10.2. The number of allylic oxidation sites excluding steroid dienone is 1. The maximum atomic E-state index is 10.5. The van der Waals surface area contributed by atoms with E-state index in [4.69, 9.17) is 0 Å². The highest BCUT2D eigenvalue weighted by atomic mass is 16.6. The normalized spacial score (nSPS) is 13.8. The van der Waals surface area contributed by atoms with E-state index < -0.39 is 0 Å². The van der Waals surface area contributed by atoms with E-state index in [1.165, 1.54) is 6.07 Å². The van der Waals surface area contributed by atoms with Crippen molar-refractivity contribution in [1.29, 1.82) is 0 Å². The van der Waals surface area contributed by atoms with Gasteiger partial charge in [-0.1, -0.05) is 0 Å². The van der Waals surface area contributed by atoms with E-state index in [2.05, 4.69) is 0 Å². The van der Waals surface area contributed by atoms with Crippen molar-refractivity contribution in [2.24, 2.45) is 0 Å². The number of hydrogen-bond acceptors (Lipinski definition) is 2. The van der Waals surface area contributed by atoms with Gasteiger partial charge in [-0.3, -0.25) is 15.4 Å². The Balaban J connectivity index is 2.49. The van der Waals surface area contributed by atoms with Crippen LogP contribution in [-0.2, 0) is 0 Å². The number of hydrogen-bond donors (Lipinski definition) is 1. The van der Waals surface area contributed by atoms with Crippen molar-refractivity contribution in [1.82, 2.24) is 0 Å². The van der Waals surface area contributed by atoms with Crippen LogP contribution in [0.4, 0.5) is 11.4 Å². The van der Waals surface area contributed by atoms with Gasteiger partial charge < -0.3 is 0 Å². The molecule has 0 bridgehead atoms. The van der Waals surface area contributed by atoms with Crippen LogP contribution in [0.1, 0.15) is 12.5 Å². The van der Waals surface area contributed by atoms with Crippen molar-refractivity contribution in [2.75, 3.05) is 0 Å². The van der Waals surface area contributed by atoms with Crippen molar-refractivity contribution in [3.05, 3.63) is 39.6 Å². The summed E-state index contributed by atoms with van der Waals surface area (Å²) in [6.45, 7) is 1.98. The second-order valence-corrected chi connectivity index (χ2v) is 3.10. The first-order valence-corrected chi connectivity index (χ1v) is 3.98. The van der Waals surface area contributed by atoms with Crippen LogP contribution < -0.4 is 5.32 Å². The van der Waals surface area contributed by atoms with Crippen molar-refractivity contribution in [2.45, 2.75) is 6.92 Å². The molecule has 0 unspecified atom stereocenters. The number of nitrogens with zero attached hydrogens (tertiary/aromatic N) is 1. The molecular weight excluding hydrogens is 168 g/mol. The SMILES string of the molecule is CC1=Cc2cc([N+](=O)[O-])ccc2[NH2+]1. The Morgan fingerprint density at radius 3 is 2.92 bits per heavy atom. The van der Waals surface area contributed by atoms with Crippen LogP contribution in [0.15, 0.2) is 23.9 Å². The fourth-order valence-electron chi connectivity index (χ4n) is 1.46. The highest BCUT2D eigenvalue weighted by Gasteiger charge is 2.17. The molecule has 0 fully saturated rings. The molecule has 13 heavy (non-hydrogen) atoms. The van der Waals surface area contributed by atoms with Gasteiger partial charge in [0.2, 0.25) is 0 Å². The quantitative estimate of drug-likeness (QED) is 0.397. The van der Waals surface area contributed by atoms with E-state index in [0.717, 1.165) is 16.9 Å². The van der Waals surface area contributed by atoms with Crippen molar-refractivity contribution >= 4 is 17.5 Å². The molecule has 1 aromatic carbocycles. The first-order chi connectivity index (χ1) is 6.16. The molecule has 0 amide bonds. The molecule has 0 aliphatic carbocycles. The number of benzene rings is 1. The van der Waals surface area contributed by atoms with Crippen molar-refractivity contribution < 1.29 is 10.2 Å². The third-order valence-electron chi connectivity index (χ3n) is 2.05. The second-order valence-electron chi connectivity index (χ2n) is 3.10. The fraction of sp³-hybridized carbons (Fsp3) is 0.111. The number of non-ortho nitro benzene ring substituents is 1. The molecule has 1 aromatic rings. The Morgan fingerprint density at radius 2 is 2.23 bits per heavy atom. The third-order valence-corrected chi connectivity index (χ3v) is 2.05. The van der Waals surface area contributed by atoms with Crippen molar-refractivity contribution in [3.63, 3.8) is 0 Å². The van der Waals surface area contributed by atoms with E-state index in [-0.39, 0.29) is 10.6 Å². The minimum Gasteiger partial charge on any atom is -0.285 e. The van der Waals surface area contributed by atoms with Crippen LogP contribution in [0.3, 0.4) is 0 Å². The lowest BCUT2D eigenvalue weighted by Gasteiger charge is -1.94. The summed E-state index contributed by atoms with van der Waals surface area (Å²) in [7, 11) is 0. The number of nitro benzene ring substituents is 1. The largest absolute Gasteiger partial charge is 0.285 e. The molecule has 1 aliphatic rings. The zero-order valence-electron chi connectivity index (χ0n) is 7.15. The summed E-state index contributed by atoms with van der Waals surface area (Å²) in [5.41, 5.74) is 3.28. The topological polar surface area (TPSA) is 59.8 Å². The van der Waals surface area contributed by atoms with Gasteiger partial charge in [0.25, 0.3) is 5.69 Å². The van der Waals surface area contributed by atoms with Gasteiger partial charge in [-0.25, -0.2) is 0 Å². The molecular formula is C9H9N2O2+. The summed E-state index contributed by atoms with van der Waals surface area (Å²) in [6.07, 6.45) is 1.95. The molecule has 2 N–H and O–H groups in total. The number of fused-ring (bicyclic) bond motifs is 1. The van der Waals surface area contributed by atoms with Crippen LogP contribution in [-0.4, -0.2) is 4.92 Å². The molecule has 0 spiro atoms. The van der Waals surface area contributed by atoms with Gasteiger partial charge in [0.05, 0.1) is 4.92 Å². The number of nitrogens with two attached hydrogens (primary N) is 1. The fourth-order valence-corrected chi connectivity index (χ4v) is 1.46. The van der Waals surface area contributed by atoms with Gasteiger partial charge in [-0.05, 0) is 0 Å². The van der Waals surface area contributed by atoms with E-state index in [9.17, 15) is 10.1 Å². The monoisotopic (exact) mass is 177 g/mol. The van der Waals surface area contributed by atoms with Crippen LogP contribution in [0.2, 0.25) is 0 Å². The summed E-state index contributed by atoms with van der Waals surface area (Å²) in [4.78, 5) is 10.1. The standard InChI is InChI=1S/C9H8N2O2/c1-6-4-7-5-8(11(12)13)2-3-9(7)10-6/h2-5,10H,1H3/p+1. The maximum absolute atomic E-state index is 10.5. The molecule has 2 rings (SSSR count). The summed E-state index contributed by atoms with van der Waals surface area (Å²) in [5, 5.41) is 12.5. The van der Waals surface area contributed by atoms with Crippen LogP contribution in [0.25, 0.3) is 6.08 Å². The minimum absolute atomic E-state index is 0.151. The molecule has 1 aliphatic heterocycles. The molecule has 0 saturated heterocycles. The molecule has 4 nitrogen and oxygen atoms in total. The Hall–Kier alpha value is -1.68. The van der Waals surface area contributed by atoms with Gasteiger partial charge >= 0.3 is 0 Å². The predicted molar refractivity (Wildman–Crippen MR) is 48.3 cm³/mol. The predicted octanol–water partition coefficient (Wildman–Crippen LogP) is 1.16. The van der Waals surface area contributed by atoms with Gasteiger partial charge in [0.1, 0.15) is 11.4 Å². The first kappa shape index (κ1) is 7.94. The molecule has 0 saturated carbocycles. The molecule has 66 valence electrons. The lowest BCUT2D eigenvalue weighted by molar-refractivity contribution is -0.512. The number of nitro groups is 1. The van der Waals surface area contributed by atoms with Crippen LogP contribution >= 0.6 is 0 Å². The summed E-state index contributed by atoms with van der Waals surface area (Å²) < 4.78 is 0. The molecule has 4 heteroatoms. The van der Waals surface area contributed by atoms with Gasteiger partial charge in [0, 0.05) is 36.8 Å². The zero-order chi connectivity index (χ0) is 9.42.